The standard InChI is InChI=1S/C14H14F5NO4/c1-7(21)4-12(22)24-6-11(16)20-13(23)9-3-2-8(15)5-10(9)14(17,18)19/h2-3,5,7,11,21H,4,6H2,1H3,(H,20,23). The van der Waals surface area contributed by atoms with Crippen molar-refractivity contribution >= 4 is 11.9 Å². The zero-order chi connectivity index (χ0) is 18.5. The Labute approximate surface area is 133 Å². The molecule has 24 heavy (non-hydrogen) atoms. The quantitative estimate of drug-likeness (QED) is 0.466. The molecule has 0 saturated carbocycles. The Balaban J connectivity index is 2.73. The smallest absolute Gasteiger partial charge is 0.417 e. The summed E-state index contributed by atoms with van der Waals surface area (Å²) in [6, 6.07) is 1.31. The molecule has 2 N–H and O–H groups in total. The molecular weight excluding hydrogens is 341 g/mol. The first kappa shape index (κ1) is 19.8. The second-order valence-corrected chi connectivity index (χ2v) is 4.86. The number of carbonyl (C=O) groups excluding carboxylic acids is 2. The van der Waals surface area contributed by atoms with Crippen molar-refractivity contribution in [1.29, 1.82) is 0 Å². The SMILES string of the molecule is CC(O)CC(=O)OCC(F)NC(=O)c1ccc(F)cc1C(F)(F)F. The minimum atomic E-state index is -5.01. The van der Waals surface area contributed by atoms with Crippen molar-refractivity contribution in [3.05, 3.63) is 35.1 Å². The highest BCUT2D eigenvalue weighted by Crippen LogP contribution is 2.32. The van der Waals surface area contributed by atoms with Gasteiger partial charge in [-0.2, -0.15) is 13.2 Å². The monoisotopic (exact) mass is 355 g/mol. The third-order valence-electron chi connectivity index (χ3n) is 2.67. The minimum Gasteiger partial charge on any atom is -0.460 e. The Bertz CT molecular complexity index is 603. The molecule has 1 aromatic rings. The van der Waals surface area contributed by atoms with E-state index < -0.39 is 60.4 Å². The molecule has 10 heteroatoms. The minimum absolute atomic E-state index is 0.116. The number of aliphatic hydroxyl groups excluding tert-OH is 1. The van der Waals surface area contributed by atoms with Crippen LogP contribution in [0.1, 0.15) is 29.3 Å². The third-order valence-corrected chi connectivity index (χ3v) is 2.67. The van der Waals surface area contributed by atoms with E-state index in [4.69, 9.17) is 5.11 Å². The van der Waals surface area contributed by atoms with Crippen molar-refractivity contribution in [1.82, 2.24) is 5.32 Å². The topological polar surface area (TPSA) is 75.6 Å². The number of hydrogen-bond donors (Lipinski definition) is 2. The van der Waals surface area contributed by atoms with Crippen molar-refractivity contribution in [2.45, 2.75) is 31.9 Å². The summed E-state index contributed by atoms with van der Waals surface area (Å²) in [4.78, 5) is 22.8. The van der Waals surface area contributed by atoms with E-state index in [1.54, 1.807) is 5.32 Å². The van der Waals surface area contributed by atoms with Crippen LogP contribution in [0, 0.1) is 5.82 Å². The summed E-state index contributed by atoms with van der Waals surface area (Å²) in [7, 11) is 0. The van der Waals surface area contributed by atoms with E-state index in [9.17, 15) is 31.5 Å². The third kappa shape index (κ3) is 6.11. The van der Waals surface area contributed by atoms with E-state index in [1.165, 1.54) is 6.92 Å². The highest BCUT2D eigenvalue weighted by atomic mass is 19.4. The Hall–Kier alpha value is -2.23. The number of hydrogen-bond acceptors (Lipinski definition) is 4. The average Bonchev–Trinajstić information content (AvgIpc) is 2.43. The summed E-state index contributed by atoms with van der Waals surface area (Å²) in [6.45, 7) is 0.350. The molecule has 0 aromatic heterocycles. The van der Waals surface area contributed by atoms with Gasteiger partial charge in [0.1, 0.15) is 12.4 Å². The van der Waals surface area contributed by atoms with E-state index in [2.05, 4.69) is 4.74 Å². The van der Waals surface area contributed by atoms with Gasteiger partial charge in [0.05, 0.1) is 23.7 Å². The summed E-state index contributed by atoms with van der Waals surface area (Å²) in [5.41, 5.74) is -2.53. The van der Waals surface area contributed by atoms with Gasteiger partial charge in [0.15, 0.2) is 0 Å². The van der Waals surface area contributed by atoms with Crippen LogP contribution in [-0.2, 0) is 15.7 Å². The fourth-order valence-electron chi connectivity index (χ4n) is 1.68. The van der Waals surface area contributed by atoms with E-state index in [1.807, 2.05) is 0 Å². The maximum atomic E-state index is 13.5. The van der Waals surface area contributed by atoms with Crippen LogP contribution in [0.25, 0.3) is 0 Å². The molecule has 0 spiro atoms. The van der Waals surface area contributed by atoms with E-state index >= 15 is 0 Å². The molecule has 0 heterocycles. The fourth-order valence-corrected chi connectivity index (χ4v) is 1.68. The molecule has 2 atom stereocenters. The molecule has 0 radical (unpaired) electrons. The number of halogens is 5. The van der Waals surface area contributed by atoms with E-state index in [0.717, 1.165) is 0 Å². The molecule has 0 fully saturated rings. The van der Waals surface area contributed by atoms with Crippen molar-refractivity contribution < 1.29 is 41.4 Å². The molecule has 0 aliphatic carbocycles. The molecule has 0 aliphatic heterocycles. The predicted octanol–water partition coefficient (Wildman–Crippen LogP) is 2.18. The maximum absolute atomic E-state index is 13.5. The second-order valence-electron chi connectivity index (χ2n) is 4.86. The highest BCUT2D eigenvalue weighted by Gasteiger charge is 2.36. The van der Waals surface area contributed by atoms with Gasteiger partial charge in [-0.1, -0.05) is 0 Å². The van der Waals surface area contributed by atoms with Crippen molar-refractivity contribution in [2.24, 2.45) is 0 Å². The number of alkyl halides is 4. The van der Waals surface area contributed by atoms with Gasteiger partial charge in [-0.05, 0) is 25.1 Å². The van der Waals surface area contributed by atoms with Crippen LogP contribution in [-0.4, -0.2) is 36.0 Å². The molecule has 1 amide bonds. The number of esters is 1. The molecule has 0 saturated heterocycles. The molecule has 0 bridgehead atoms. The summed E-state index contributed by atoms with van der Waals surface area (Å²) >= 11 is 0. The number of nitrogens with one attached hydrogen (secondary N) is 1. The maximum Gasteiger partial charge on any atom is 0.417 e. The number of amides is 1. The molecule has 1 rings (SSSR count). The molecule has 0 aliphatic rings. The number of ether oxygens (including phenoxy) is 1. The molecule has 2 unspecified atom stereocenters. The van der Waals surface area contributed by atoms with Crippen LogP contribution in [0.15, 0.2) is 18.2 Å². The first-order valence-corrected chi connectivity index (χ1v) is 6.66. The van der Waals surface area contributed by atoms with Gasteiger partial charge in [0, 0.05) is 0 Å². The van der Waals surface area contributed by atoms with Crippen LogP contribution >= 0.6 is 0 Å². The van der Waals surface area contributed by atoms with E-state index in [0.29, 0.717) is 12.1 Å². The Kier molecular flexibility index (Phi) is 6.64. The van der Waals surface area contributed by atoms with Crippen molar-refractivity contribution in [3.8, 4) is 0 Å². The number of aliphatic hydroxyl groups is 1. The number of rotatable bonds is 6. The molecule has 134 valence electrons. The van der Waals surface area contributed by atoms with Gasteiger partial charge in [0.2, 0.25) is 6.30 Å². The number of benzene rings is 1. The zero-order valence-corrected chi connectivity index (χ0v) is 12.4. The first-order chi connectivity index (χ1) is 11.0. The average molecular weight is 355 g/mol. The van der Waals surface area contributed by atoms with Gasteiger partial charge >= 0.3 is 12.1 Å². The Morgan fingerprint density at radius 2 is 1.96 bits per heavy atom. The lowest BCUT2D eigenvalue weighted by molar-refractivity contribution is -0.147. The van der Waals surface area contributed by atoms with Crippen molar-refractivity contribution in [3.63, 3.8) is 0 Å². The van der Waals surface area contributed by atoms with E-state index in [-0.39, 0.29) is 6.07 Å². The fraction of sp³-hybridized carbons (Fsp3) is 0.429. The molecule has 1 aromatic carbocycles. The van der Waals surface area contributed by atoms with Gasteiger partial charge in [-0.3, -0.25) is 9.59 Å². The first-order valence-electron chi connectivity index (χ1n) is 6.66. The van der Waals surface area contributed by atoms with Gasteiger partial charge < -0.3 is 15.2 Å². The predicted molar refractivity (Wildman–Crippen MR) is 71.0 cm³/mol. The molecule has 5 nitrogen and oxygen atoms in total. The van der Waals surface area contributed by atoms with Crippen molar-refractivity contribution in [2.75, 3.05) is 6.61 Å². The van der Waals surface area contributed by atoms with Gasteiger partial charge in [-0.15, -0.1) is 0 Å². The summed E-state index contributed by atoms with van der Waals surface area (Å²) in [5.74, 6) is -3.59. The summed E-state index contributed by atoms with van der Waals surface area (Å²) in [6.07, 6.45) is -8.71. The lowest BCUT2D eigenvalue weighted by atomic mass is 10.1. The van der Waals surface area contributed by atoms with Crippen LogP contribution in [0.5, 0.6) is 0 Å². The van der Waals surface area contributed by atoms with Gasteiger partial charge in [0.25, 0.3) is 5.91 Å². The van der Waals surface area contributed by atoms with Crippen LogP contribution in [0.3, 0.4) is 0 Å². The Morgan fingerprint density at radius 3 is 2.50 bits per heavy atom. The number of carbonyl (C=O) groups is 2. The molecular formula is C14H14F5NO4. The summed E-state index contributed by atoms with van der Waals surface area (Å²) < 4.78 is 69.2. The van der Waals surface area contributed by atoms with Crippen LogP contribution < -0.4 is 5.32 Å². The second kappa shape index (κ2) is 8.04. The largest absolute Gasteiger partial charge is 0.460 e. The Morgan fingerprint density at radius 1 is 1.33 bits per heavy atom. The van der Waals surface area contributed by atoms with Crippen LogP contribution in [0.2, 0.25) is 0 Å². The summed E-state index contributed by atoms with van der Waals surface area (Å²) in [5, 5.41) is 10.5. The lowest BCUT2D eigenvalue weighted by Crippen LogP contribution is -2.36. The lowest BCUT2D eigenvalue weighted by Gasteiger charge is -2.15. The van der Waals surface area contributed by atoms with Crippen LogP contribution in [0.4, 0.5) is 22.0 Å². The highest BCUT2D eigenvalue weighted by molar-refractivity contribution is 5.96. The zero-order valence-electron chi connectivity index (χ0n) is 12.4. The normalized spacial score (nSPS) is 14.0. The van der Waals surface area contributed by atoms with Gasteiger partial charge in [-0.25, -0.2) is 8.78 Å².